The van der Waals surface area contributed by atoms with E-state index in [1.807, 2.05) is 19.1 Å². The zero-order chi connectivity index (χ0) is 66.5. The highest BCUT2D eigenvalue weighted by Crippen LogP contribution is 2.23. The minimum absolute atomic E-state index is 0.00458. The molecule has 1 aliphatic heterocycles. The Balaban J connectivity index is 1.87. The van der Waals surface area contributed by atoms with Crippen LogP contribution in [0, 0.1) is 0 Å². The maximum absolute atomic E-state index is 13.0. The normalized spacial score (nSPS) is 18.0. The fraction of sp³-hybridized carbons (Fsp3) is 0.802. The molecule has 0 radical (unpaired) electrons. The number of hydrogen-bond acceptors (Lipinski definition) is 10. The fourth-order valence-corrected chi connectivity index (χ4v) is 11.9. The van der Waals surface area contributed by atoms with Gasteiger partial charge in [0, 0.05) is 12.8 Å². The Kier molecular flexibility index (Phi) is 65.3. The lowest BCUT2D eigenvalue weighted by Crippen LogP contribution is -2.60. The number of ether oxygens (including phenoxy) is 3. The molecule has 0 spiro atoms. The van der Waals surface area contributed by atoms with E-state index in [-0.39, 0.29) is 18.5 Å². The van der Waals surface area contributed by atoms with Crippen LogP contribution in [0.2, 0.25) is 0 Å². The summed E-state index contributed by atoms with van der Waals surface area (Å²) in [5, 5.41) is 54.3. The van der Waals surface area contributed by atoms with E-state index in [1.54, 1.807) is 6.08 Å². The number of allylic oxidation sites excluding steroid dienone is 13. The van der Waals surface area contributed by atoms with Crippen LogP contribution in [0.5, 0.6) is 0 Å². The molecule has 0 aromatic carbocycles. The Labute approximate surface area is 565 Å². The monoisotopic (exact) mass is 1290 g/mol. The summed E-state index contributed by atoms with van der Waals surface area (Å²) in [4.78, 5) is 25.1. The van der Waals surface area contributed by atoms with E-state index < -0.39 is 49.5 Å². The van der Waals surface area contributed by atoms with Crippen molar-refractivity contribution in [2.75, 3.05) is 19.8 Å². The van der Waals surface area contributed by atoms with Gasteiger partial charge in [-0.05, 0) is 116 Å². The van der Waals surface area contributed by atoms with Crippen LogP contribution in [0.1, 0.15) is 354 Å². The van der Waals surface area contributed by atoms with Crippen molar-refractivity contribution in [1.29, 1.82) is 0 Å². The van der Waals surface area contributed by atoms with Crippen LogP contribution < -0.4 is 5.32 Å². The molecule has 11 nitrogen and oxygen atoms in total. The SMILES string of the molecule is C/C=C/CC/C=C/CC/C=C/C(O)C(COC1OC(CO)C(O)C(O)C1O)NC(=O)CCCCCCCCCCCCCCCCCCC/C=C\C/C=C\CCCCCCCCCCCCCCCOC(=O)CCCCCCCCC/C=C\C/C=C\CCCCCC. The molecule has 0 aliphatic carbocycles. The Hall–Kier alpha value is -3.16. The molecule has 1 fully saturated rings. The third kappa shape index (κ3) is 57.1. The highest BCUT2D eigenvalue weighted by Gasteiger charge is 2.44. The Bertz CT molecular complexity index is 1810. The van der Waals surface area contributed by atoms with Gasteiger partial charge < -0.3 is 45.1 Å². The van der Waals surface area contributed by atoms with Gasteiger partial charge in [0.05, 0.1) is 32.0 Å². The molecule has 7 atom stereocenters. The molecule has 1 amide bonds. The Morgan fingerprint density at radius 2 is 0.783 bits per heavy atom. The van der Waals surface area contributed by atoms with Crippen LogP contribution >= 0.6 is 0 Å². The third-order valence-electron chi connectivity index (χ3n) is 18.0. The van der Waals surface area contributed by atoms with Gasteiger partial charge in [-0.15, -0.1) is 0 Å². The van der Waals surface area contributed by atoms with Crippen LogP contribution in [0.25, 0.3) is 0 Å². The number of nitrogens with one attached hydrogen (secondary N) is 1. The van der Waals surface area contributed by atoms with Crippen molar-refractivity contribution < 1.29 is 49.3 Å². The molecule has 11 heteroatoms. The number of unbranched alkanes of at least 4 members (excludes halogenated alkanes) is 43. The average Bonchev–Trinajstić information content (AvgIpc) is 1.01. The molecule has 1 aliphatic rings. The quantitative estimate of drug-likeness (QED) is 0.0195. The van der Waals surface area contributed by atoms with E-state index in [4.69, 9.17) is 14.2 Å². The van der Waals surface area contributed by atoms with E-state index in [0.29, 0.717) is 19.4 Å². The van der Waals surface area contributed by atoms with E-state index in [0.717, 1.165) is 77.0 Å². The van der Waals surface area contributed by atoms with Crippen molar-refractivity contribution in [3.05, 3.63) is 85.1 Å². The third-order valence-corrected chi connectivity index (χ3v) is 18.0. The second-order valence-electron chi connectivity index (χ2n) is 26.7. The zero-order valence-corrected chi connectivity index (χ0v) is 59.5. The summed E-state index contributed by atoms with van der Waals surface area (Å²) in [6.07, 6.45) is 86.5. The number of esters is 1. The first-order chi connectivity index (χ1) is 45.2. The van der Waals surface area contributed by atoms with Crippen molar-refractivity contribution in [2.24, 2.45) is 0 Å². The maximum Gasteiger partial charge on any atom is 0.305 e. The molecule has 92 heavy (non-hydrogen) atoms. The van der Waals surface area contributed by atoms with Gasteiger partial charge in [0.25, 0.3) is 0 Å². The number of amides is 1. The topological polar surface area (TPSA) is 175 Å². The minimum atomic E-state index is -1.58. The summed E-state index contributed by atoms with van der Waals surface area (Å²) in [5.74, 6) is -0.192. The number of rotatable bonds is 68. The van der Waals surface area contributed by atoms with Crippen molar-refractivity contribution in [2.45, 2.75) is 397 Å². The lowest BCUT2D eigenvalue weighted by Gasteiger charge is -2.40. The van der Waals surface area contributed by atoms with Crippen LogP contribution in [0.3, 0.4) is 0 Å². The molecule has 0 bridgehead atoms. The van der Waals surface area contributed by atoms with Gasteiger partial charge in [-0.3, -0.25) is 9.59 Å². The van der Waals surface area contributed by atoms with Crippen LogP contribution in [-0.4, -0.2) is 100 Å². The fourth-order valence-electron chi connectivity index (χ4n) is 11.9. The molecule has 1 saturated heterocycles. The van der Waals surface area contributed by atoms with Crippen molar-refractivity contribution in [3.8, 4) is 0 Å². The number of aliphatic hydroxyl groups is 5. The van der Waals surface area contributed by atoms with Gasteiger partial charge in [-0.1, -0.05) is 310 Å². The van der Waals surface area contributed by atoms with E-state index in [9.17, 15) is 35.1 Å². The molecule has 1 heterocycles. The second-order valence-corrected chi connectivity index (χ2v) is 26.7. The molecule has 6 N–H and O–H groups in total. The minimum Gasteiger partial charge on any atom is -0.466 e. The summed E-state index contributed by atoms with van der Waals surface area (Å²) in [7, 11) is 0. The number of carbonyl (C=O) groups is 2. The van der Waals surface area contributed by atoms with Crippen molar-refractivity contribution in [1.82, 2.24) is 5.32 Å². The summed E-state index contributed by atoms with van der Waals surface area (Å²) in [5.41, 5.74) is 0. The smallest absolute Gasteiger partial charge is 0.305 e. The van der Waals surface area contributed by atoms with Gasteiger partial charge in [0.1, 0.15) is 24.4 Å². The van der Waals surface area contributed by atoms with E-state index in [1.165, 1.54) is 250 Å². The first-order valence-corrected chi connectivity index (χ1v) is 38.8. The summed E-state index contributed by atoms with van der Waals surface area (Å²) < 4.78 is 16.7. The summed E-state index contributed by atoms with van der Waals surface area (Å²) >= 11 is 0. The molecule has 0 saturated carbocycles. The summed E-state index contributed by atoms with van der Waals surface area (Å²) in [6, 6.07) is -0.833. The first-order valence-electron chi connectivity index (χ1n) is 38.8. The molecule has 534 valence electrons. The second kappa shape index (κ2) is 69.2. The highest BCUT2D eigenvalue weighted by molar-refractivity contribution is 5.76. The maximum atomic E-state index is 13.0. The number of aliphatic hydroxyl groups excluding tert-OH is 5. The lowest BCUT2D eigenvalue weighted by molar-refractivity contribution is -0.302. The average molecular weight is 1290 g/mol. The van der Waals surface area contributed by atoms with Crippen molar-refractivity contribution >= 4 is 11.9 Å². The molecule has 0 aromatic rings. The predicted octanol–water partition coefficient (Wildman–Crippen LogP) is 20.8. The lowest BCUT2D eigenvalue weighted by atomic mass is 9.99. The van der Waals surface area contributed by atoms with Crippen LogP contribution in [0.4, 0.5) is 0 Å². The van der Waals surface area contributed by atoms with Gasteiger partial charge in [-0.25, -0.2) is 0 Å². The molecule has 7 unspecified atom stereocenters. The Morgan fingerprint density at radius 3 is 1.20 bits per heavy atom. The standard InChI is InChI=1S/C81H145NO10/c1-3-5-7-9-11-13-14-15-16-17-40-43-46-49-53-57-61-65-69-77(86)90-70-66-62-58-54-50-47-44-41-38-36-34-32-30-28-26-24-22-20-18-19-21-23-25-27-29-31-33-35-37-39-42-45-48-52-56-60-64-68-76(85)82-73(74(84)67-63-59-55-51-12-10-8-6-4-2)72-91-81-80(89)79(88)78(87)75(71-83)92-81/h4,6,12-14,16-18,20,24,26,51,63,67,73-75,78-81,83-84,87-89H,3,5,7-11,15,19,21-23,25,27-50,52-62,64-66,68-72H2,1-2H3,(H,82,85)/b6-4+,14-13-,17-16-,20-18-,26-24-,51-12+,67-63+. The molecular formula is C81H145NO10. The van der Waals surface area contributed by atoms with Gasteiger partial charge >= 0.3 is 5.97 Å². The molecule has 1 rings (SSSR count). The van der Waals surface area contributed by atoms with Crippen molar-refractivity contribution in [3.63, 3.8) is 0 Å². The number of hydrogen-bond donors (Lipinski definition) is 6. The predicted molar refractivity (Wildman–Crippen MR) is 389 cm³/mol. The van der Waals surface area contributed by atoms with Crippen LogP contribution in [0.15, 0.2) is 85.1 Å². The van der Waals surface area contributed by atoms with Gasteiger partial charge in [-0.2, -0.15) is 0 Å². The molecular weight excluding hydrogens is 1150 g/mol. The Morgan fingerprint density at radius 1 is 0.424 bits per heavy atom. The summed E-state index contributed by atoms with van der Waals surface area (Å²) in [6.45, 7) is 4.10. The number of carbonyl (C=O) groups excluding carboxylic acids is 2. The van der Waals surface area contributed by atoms with Crippen LogP contribution in [-0.2, 0) is 23.8 Å². The van der Waals surface area contributed by atoms with Gasteiger partial charge in [0.15, 0.2) is 6.29 Å². The first kappa shape index (κ1) is 86.9. The highest BCUT2D eigenvalue weighted by atomic mass is 16.7. The van der Waals surface area contributed by atoms with E-state index >= 15 is 0 Å². The molecule has 0 aromatic heterocycles. The van der Waals surface area contributed by atoms with Gasteiger partial charge in [0.2, 0.25) is 5.91 Å². The van der Waals surface area contributed by atoms with E-state index in [2.05, 4.69) is 79.1 Å². The largest absolute Gasteiger partial charge is 0.466 e. The zero-order valence-electron chi connectivity index (χ0n) is 59.5.